The molecule has 0 amide bonds. The van der Waals surface area contributed by atoms with Crippen molar-refractivity contribution in [3.8, 4) is 0 Å². The highest BCUT2D eigenvalue weighted by Gasteiger charge is 2.22. The zero-order valence-corrected chi connectivity index (χ0v) is 58.7. The minimum Gasteiger partial charge on any atom is -0.756 e. The molecule has 2 unspecified atom stereocenters. The minimum absolute atomic E-state index is 0.0426. The Labute approximate surface area is 552 Å². The van der Waals surface area contributed by atoms with Crippen LogP contribution in [0.5, 0.6) is 0 Å². The van der Waals surface area contributed by atoms with Crippen LogP contribution in [0.4, 0.5) is 0 Å². The first-order valence-corrected chi connectivity index (χ1v) is 37.0. The third kappa shape index (κ3) is 72.2. The van der Waals surface area contributed by atoms with Crippen LogP contribution < -0.4 is 4.89 Å². The normalized spacial score (nSPS) is 14.2. The van der Waals surface area contributed by atoms with E-state index in [1.807, 2.05) is 21.1 Å². The second-order valence-corrected chi connectivity index (χ2v) is 25.5. The predicted octanol–water partition coefficient (Wildman–Crippen LogP) is 22.9. The quantitative estimate of drug-likeness (QED) is 0.0195. The lowest BCUT2D eigenvalue weighted by Gasteiger charge is -2.28. The number of carbonyl (C=O) groups excluding carboxylic acids is 2. The number of unbranched alkanes of at least 4 members (excludes halogenated alkanes) is 19. The van der Waals surface area contributed by atoms with Gasteiger partial charge in [0.05, 0.1) is 27.7 Å². The molecule has 10 heteroatoms. The molecule has 2 atom stereocenters. The van der Waals surface area contributed by atoms with Crippen LogP contribution in [0.3, 0.4) is 0 Å². The van der Waals surface area contributed by atoms with E-state index in [0.717, 1.165) is 148 Å². The van der Waals surface area contributed by atoms with Crippen molar-refractivity contribution in [2.75, 3.05) is 47.5 Å². The Morgan fingerprint density at radius 3 is 0.889 bits per heavy atom. The zero-order chi connectivity index (χ0) is 65.5. The third-order valence-corrected chi connectivity index (χ3v) is 15.4. The maximum Gasteiger partial charge on any atom is 0.306 e. The Balaban J connectivity index is 4.15. The number of quaternary nitrogens is 1. The molecular weight excluding hydrogens is 1130 g/mol. The van der Waals surface area contributed by atoms with Crippen molar-refractivity contribution >= 4 is 19.8 Å². The van der Waals surface area contributed by atoms with E-state index in [0.29, 0.717) is 23.9 Å². The molecule has 0 fully saturated rings. The largest absolute Gasteiger partial charge is 0.756 e. The van der Waals surface area contributed by atoms with Gasteiger partial charge in [-0.05, 0) is 135 Å². The number of nitrogens with zero attached hydrogens (tertiary/aromatic N) is 1. The number of carbonyl (C=O) groups is 2. The summed E-state index contributed by atoms with van der Waals surface area (Å²) in [5.41, 5.74) is 0. The maximum atomic E-state index is 12.9. The van der Waals surface area contributed by atoms with E-state index in [9.17, 15) is 19.0 Å². The Morgan fingerprint density at radius 1 is 0.344 bits per heavy atom. The van der Waals surface area contributed by atoms with Crippen molar-refractivity contribution in [2.45, 2.75) is 264 Å². The second kappa shape index (κ2) is 68.5. The summed E-state index contributed by atoms with van der Waals surface area (Å²) in [5, 5.41) is 0. The molecule has 0 saturated carbocycles. The van der Waals surface area contributed by atoms with E-state index in [1.165, 1.54) is 70.6 Å². The molecule has 0 aromatic carbocycles. The molecule has 90 heavy (non-hydrogen) atoms. The first kappa shape index (κ1) is 85.1. The topological polar surface area (TPSA) is 111 Å². The smallest absolute Gasteiger partial charge is 0.306 e. The highest BCUT2D eigenvalue weighted by Crippen LogP contribution is 2.38. The number of ether oxygens (including phenoxy) is 2. The second-order valence-electron chi connectivity index (χ2n) is 24.1. The van der Waals surface area contributed by atoms with Crippen molar-refractivity contribution in [3.05, 3.63) is 182 Å². The fraction of sp³-hybridized carbons (Fsp3) is 0.600. The summed E-state index contributed by atoms with van der Waals surface area (Å²) in [7, 11) is 1.14. The number of hydrogen-bond donors (Lipinski definition) is 0. The molecule has 0 aromatic heterocycles. The fourth-order valence-corrected chi connectivity index (χ4v) is 9.79. The number of allylic oxidation sites excluding steroid dienone is 30. The van der Waals surface area contributed by atoms with Crippen molar-refractivity contribution in [1.29, 1.82) is 0 Å². The average molecular weight is 1260 g/mol. The highest BCUT2D eigenvalue weighted by atomic mass is 31.2. The van der Waals surface area contributed by atoms with Crippen molar-refractivity contribution in [1.82, 2.24) is 0 Å². The average Bonchev–Trinajstić information content (AvgIpc) is 3.58. The van der Waals surface area contributed by atoms with Gasteiger partial charge in [0, 0.05) is 12.8 Å². The molecule has 0 saturated heterocycles. The van der Waals surface area contributed by atoms with Crippen LogP contribution in [0.2, 0.25) is 0 Å². The van der Waals surface area contributed by atoms with E-state index in [1.54, 1.807) is 0 Å². The van der Waals surface area contributed by atoms with Gasteiger partial charge in [0.1, 0.15) is 19.8 Å². The van der Waals surface area contributed by atoms with Crippen LogP contribution >= 0.6 is 7.82 Å². The third-order valence-electron chi connectivity index (χ3n) is 14.4. The zero-order valence-electron chi connectivity index (χ0n) is 57.8. The molecule has 0 spiro atoms. The summed E-state index contributed by atoms with van der Waals surface area (Å²) in [4.78, 5) is 38.1. The molecule has 0 aromatic rings. The van der Waals surface area contributed by atoms with Gasteiger partial charge in [0.15, 0.2) is 6.10 Å². The Bertz CT molecular complexity index is 2170. The Morgan fingerprint density at radius 2 is 0.600 bits per heavy atom. The first-order valence-electron chi connectivity index (χ1n) is 35.5. The van der Waals surface area contributed by atoms with E-state index >= 15 is 0 Å². The van der Waals surface area contributed by atoms with E-state index in [2.05, 4.69) is 196 Å². The standard InChI is InChI=1S/C80H130NO8P/c1-6-8-10-12-14-16-18-20-22-24-26-28-30-32-34-36-38-40-42-44-46-48-50-52-54-56-58-60-62-64-66-68-70-72-79(82)86-76-78(77-88-90(84,85)87-75-74-81(3,4)5)89-80(83)73-71-69-67-65-63-61-59-57-55-53-51-49-47-45-43-41-39-37-35-33-31-29-27-25-23-21-19-17-15-13-11-9-7-2/h8-11,14-17,20-23,26-29,32-35,38-41,44-47,51,53,78H,6-7,12-13,18-19,24-25,30-31,36-37,42-43,48-50,52,54-77H2,1-5H3/b10-8-,11-9-,16-14-,17-15-,22-20-,23-21-,28-26-,29-27-,34-32-,35-33-,40-38-,41-39-,46-44-,47-45-,53-51-. The lowest BCUT2D eigenvalue weighted by molar-refractivity contribution is -0.870. The summed E-state index contributed by atoms with van der Waals surface area (Å²) < 4.78 is 34.3. The van der Waals surface area contributed by atoms with Gasteiger partial charge in [-0.2, -0.15) is 0 Å². The molecule has 9 nitrogen and oxygen atoms in total. The Kier molecular flexibility index (Phi) is 64.8. The molecule has 0 rings (SSSR count). The van der Waals surface area contributed by atoms with Gasteiger partial charge in [-0.3, -0.25) is 14.2 Å². The number of esters is 2. The molecule has 0 bridgehead atoms. The van der Waals surface area contributed by atoms with Crippen LogP contribution in [0.1, 0.15) is 258 Å². The molecule has 0 aliphatic heterocycles. The van der Waals surface area contributed by atoms with E-state index in [-0.39, 0.29) is 26.1 Å². The van der Waals surface area contributed by atoms with Crippen LogP contribution in [-0.2, 0) is 32.7 Å². The van der Waals surface area contributed by atoms with Gasteiger partial charge in [-0.1, -0.05) is 292 Å². The lowest BCUT2D eigenvalue weighted by atomic mass is 10.0. The van der Waals surface area contributed by atoms with Gasteiger partial charge in [0.2, 0.25) is 0 Å². The Hall–Kier alpha value is -4.89. The summed E-state index contributed by atoms with van der Waals surface area (Å²) in [6.07, 6.45) is 105. The predicted molar refractivity (Wildman–Crippen MR) is 387 cm³/mol. The summed E-state index contributed by atoms with van der Waals surface area (Å²) in [6.45, 7) is 3.99. The molecular formula is C80H130NO8P. The summed E-state index contributed by atoms with van der Waals surface area (Å²) in [6, 6.07) is 0. The number of rotatable bonds is 63. The van der Waals surface area contributed by atoms with Crippen LogP contribution in [0.25, 0.3) is 0 Å². The fourth-order valence-electron chi connectivity index (χ4n) is 9.06. The molecule has 508 valence electrons. The van der Waals surface area contributed by atoms with Gasteiger partial charge < -0.3 is 27.9 Å². The van der Waals surface area contributed by atoms with Crippen LogP contribution in [0.15, 0.2) is 182 Å². The van der Waals surface area contributed by atoms with Crippen molar-refractivity contribution in [3.63, 3.8) is 0 Å². The number of hydrogen-bond acceptors (Lipinski definition) is 8. The molecule has 0 heterocycles. The first-order chi connectivity index (χ1) is 44.0. The molecule has 0 radical (unpaired) electrons. The van der Waals surface area contributed by atoms with Gasteiger partial charge in [0.25, 0.3) is 7.82 Å². The number of phosphoric ester groups is 1. The summed E-state index contributed by atoms with van der Waals surface area (Å²) >= 11 is 0. The van der Waals surface area contributed by atoms with Crippen molar-refractivity contribution < 1.29 is 42.1 Å². The van der Waals surface area contributed by atoms with Crippen LogP contribution in [0, 0.1) is 0 Å². The van der Waals surface area contributed by atoms with Gasteiger partial charge in [-0.25, -0.2) is 0 Å². The van der Waals surface area contributed by atoms with Gasteiger partial charge in [-0.15, -0.1) is 0 Å². The van der Waals surface area contributed by atoms with Crippen molar-refractivity contribution in [2.24, 2.45) is 0 Å². The van der Waals surface area contributed by atoms with E-state index < -0.39 is 32.5 Å². The van der Waals surface area contributed by atoms with Crippen LogP contribution in [-0.4, -0.2) is 70.0 Å². The maximum absolute atomic E-state index is 12.9. The molecule has 0 N–H and O–H groups in total. The lowest BCUT2D eigenvalue weighted by Crippen LogP contribution is -2.37. The SMILES string of the molecule is CC/C=C\C/C=C\C/C=C\C/C=C\C/C=C\C/C=C\C/C=C\C/C=C\CCCCCCCCCCC(=O)OC(COC(=O)CCCCCCCCCCCCC/C=C\C/C=C\C/C=C\C/C=C\C/C=C\C/C=C\C/C=C\CC)COP(=O)([O-])OCC[N+](C)(C)C. The molecule has 0 aliphatic rings. The monoisotopic (exact) mass is 1260 g/mol. The van der Waals surface area contributed by atoms with Gasteiger partial charge >= 0.3 is 11.9 Å². The number of likely N-dealkylation sites (N-methyl/N-ethyl adjacent to an activating group) is 1. The number of phosphoric acid groups is 1. The minimum atomic E-state index is -4.66. The highest BCUT2D eigenvalue weighted by molar-refractivity contribution is 7.45. The van der Waals surface area contributed by atoms with E-state index in [4.69, 9.17) is 18.5 Å². The molecule has 0 aliphatic carbocycles. The summed E-state index contributed by atoms with van der Waals surface area (Å²) in [5.74, 6) is -0.856.